The number of allylic oxidation sites excluding steroid dienone is 10. The number of carbonyl (C=O) groups excluding carboxylic acids is 2. The van der Waals surface area contributed by atoms with Crippen molar-refractivity contribution >= 4 is 85.5 Å². The van der Waals surface area contributed by atoms with Gasteiger partial charge in [0.25, 0.3) is 11.8 Å². The van der Waals surface area contributed by atoms with Gasteiger partial charge in [0, 0.05) is 52.3 Å². The zero-order valence-corrected chi connectivity index (χ0v) is 74.8. The Bertz CT molecular complexity index is 4280. The highest BCUT2D eigenvalue weighted by Crippen LogP contribution is 2.52. The molecule has 4 aromatic heterocycles. The molecule has 0 N–H and O–H groups in total. The van der Waals surface area contributed by atoms with E-state index in [4.69, 9.17) is 9.97 Å². The van der Waals surface area contributed by atoms with Gasteiger partial charge in [0.2, 0.25) is 0 Å². The second kappa shape index (κ2) is 48.9. The summed E-state index contributed by atoms with van der Waals surface area (Å²) in [4.78, 5) is 60.0. The molecule has 6 aliphatic rings. The summed E-state index contributed by atoms with van der Waals surface area (Å²) in [6.07, 6.45) is 91.8. The van der Waals surface area contributed by atoms with E-state index in [-0.39, 0.29) is 23.9 Å². The number of benzene rings is 2. The van der Waals surface area contributed by atoms with E-state index in [1.807, 2.05) is 12.4 Å². The van der Waals surface area contributed by atoms with Crippen molar-refractivity contribution in [1.29, 1.82) is 0 Å². The van der Waals surface area contributed by atoms with Gasteiger partial charge in [-0.25, -0.2) is 9.97 Å². The number of carbonyl (C=O) groups is 2. The molecule has 5 atom stereocenters. The lowest BCUT2D eigenvalue weighted by atomic mass is 9.93. The smallest absolute Gasteiger partial charge is 0.261 e. The van der Waals surface area contributed by atoms with Crippen molar-refractivity contribution in [3.05, 3.63) is 208 Å². The van der Waals surface area contributed by atoms with Gasteiger partial charge in [-0.3, -0.25) is 9.59 Å². The van der Waals surface area contributed by atoms with Crippen LogP contribution in [0.15, 0.2) is 193 Å². The van der Waals surface area contributed by atoms with Gasteiger partial charge in [-0.05, 0) is 135 Å². The minimum atomic E-state index is -0.0220. The number of para-hydroxylation sites is 1. The van der Waals surface area contributed by atoms with Crippen LogP contribution in [0.4, 0.5) is 11.4 Å². The average molecular weight is 1630 g/mol. The number of thiazole rings is 2. The molecule has 0 spiro atoms. The molecule has 12 heteroatoms. The summed E-state index contributed by atoms with van der Waals surface area (Å²) in [5.74, 6) is 0.549. The molecule has 2 aromatic carbocycles. The fourth-order valence-corrected chi connectivity index (χ4v) is 22.6. The molecule has 5 unspecified atom stereocenters. The Balaban J connectivity index is 0.886. The number of anilines is 2. The molecule has 116 heavy (non-hydrogen) atoms. The standard InChI is InChI=1S/C104H140N6O2S4/c1-5-9-13-17-21-25-27-31-35-43-55-81(53-41-33-29-23-19-15-11-7-3)79-107-99(95-77-105-101(115-95)93-75-73-91(113-93)83-65-69-89(70-66-83)109(85-57-45-37-46-58-85)86-59-47-38-48-60-86)97-98(103(107)111)100(108(104(97)112)80-82(54-42-34-30-24-20-16-12-8-4)56-44-36-32-28-26-22-18-14-10-6-2)96-78-106-102(116-96)94-76-74-92(114-94)84-67-71-90(72-68-84)110(87-61-49-39-50-62-87)88-63-51-40-52-64-88/h37-40,45-51,57-59,61,63,65-71,73-78,81-82,86-87,90H,5-36,41-44,52-56,60,62,64,72,79-80H2,1-4H3. The van der Waals surface area contributed by atoms with Crippen LogP contribution in [0, 0.1) is 11.8 Å². The maximum absolute atomic E-state index is 16.8. The van der Waals surface area contributed by atoms with E-state index in [9.17, 15) is 0 Å². The molecule has 6 aromatic rings. The Morgan fingerprint density at radius 2 is 0.810 bits per heavy atom. The number of nitrogens with zero attached hydrogens (tertiary/aromatic N) is 6. The minimum Gasteiger partial charge on any atom is -0.361 e. The molecule has 622 valence electrons. The first-order valence-corrected chi connectivity index (χ1v) is 50.0. The number of thiophene rings is 2. The molecule has 8 nitrogen and oxygen atoms in total. The number of rotatable bonds is 56. The average Bonchev–Trinajstić information content (AvgIpc) is 1.54. The van der Waals surface area contributed by atoms with Crippen molar-refractivity contribution in [3.8, 4) is 30.2 Å². The summed E-state index contributed by atoms with van der Waals surface area (Å²) in [5, 5.41) is 1.84. The molecule has 2 amide bonds. The summed E-state index contributed by atoms with van der Waals surface area (Å²) in [5.41, 5.74) is 8.92. The molecule has 0 saturated heterocycles. The van der Waals surface area contributed by atoms with Gasteiger partial charge >= 0.3 is 0 Å². The summed E-state index contributed by atoms with van der Waals surface area (Å²) >= 11 is 6.90. The number of amides is 2. The van der Waals surface area contributed by atoms with Crippen molar-refractivity contribution in [2.24, 2.45) is 11.8 Å². The van der Waals surface area contributed by atoms with Gasteiger partial charge in [0.1, 0.15) is 10.0 Å². The molecule has 0 fully saturated rings. The quantitative estimate of drug-likeness (QED) is 0.0354. The molecule has 0 saturated carbocycles. The SMILES string of the molecule is CCCCCCCCCCCCC(CCCCCCCCCC)CN1C(=O)C2=C(c3cnc(-c4ccc(-c5ccc(N(c6ccccc6)C6C=CC=CC6)cc5)s4)s3)N(CC(CCCCCCCCCC)CCCCCCCCCCCC)C(=O)C2=C1c1cnc(-c2ccc(C3=CCC(N(C4=CC=CCC4)C4C=CC=CC4)C=C3)s2)s1. The largest absolute Gasteiger partial charge is 0.361 e. The van der Waals surface area contributed by atoms with Crippen LogP contribution < -0.4 is 4.90 Å². The van der Waals surface area contributed by atoms with Crippen LogP contribution >= 0.6 is 45.3 Å². The summed E-state index contributed by atoms with van der Waals surface area (Å²) in [7, 11) is 0. The Labute approximate surface area is 717 Å². The summed E-state index contributed by atoms with van der Waals surface area (Å²) in [6, 6.07) is 29.7. The van der Waals surface area contributed by atoms with E-state index in [0.717, 1.165) is 130 Å². The summed E-state index contributed by atoms with van der Waals surface area (Å²) < 4.78 is 0. The zero-order chi connectivity index (χ0) is 80.1. The second-order valence-corrected chi connectivity index (χ2v) is 38.4. The van der Waals surface area contributed by atoms with Crippen LogP contribution in [0.5, 0.6) is 0 Å². The first-order chi connectivity index (χ1) is 57.3. The van der Waals surface area contributed by atoms with Crippen molar-refractivity contribution < 1.29 is 9.59 Å². The maximum atomic E-state index is 16.8. The lowest BCUT2D eigenvalue weighted by Crippen LogP contribution is -2.41. The highest BCUT2D eigenvalue weighted by molar-refractivity contribution is 7.24. The predicted octanol–water partition coefficient (Wildman–Crippen LogP) is 31.6. The number of hydrogen-bond acceptors (Lipinski definition) is 10. The molecule has 0 bridgehead atoms. The Hall–Kier alpha value is -6.96. The van der Waals surface area contributed by atoms with Gasteiger partial charge in [0.05, 0.1) is 60.2 Å². The van der Waals surface area contributed by atoms with Crippen LogP contribution in [0.1, 0.15) is 331 Å². The van der Waals surface area contributed by atoms with Crippen molar-refractivity contribution in [2.45, 2.75) is 335 Å². The molecular formula is C104H140N6O2S4. The topological polar surface area (TPSA) is 72.9 Å². The Kier molecular flexibility index (Phi) is 37.3. The van der Waals surface area contributed by atoms with Crippen LogP contribution in [0.25, 0.3) is 47.2 Å². The minimum absolute atomic E-state index is 0.0220. The van der Waals surface area contributed by atoms with E-state index < -0.39 is 0 Å². The van der Waals surface area contributed by atoms with Crippen LogP contribution in [-0.2, 0) is 9.59 Å². The molecule has 4 aliphatic carbocycles. The van der Waals surface area contributed by atoms with Gasteiger partial charge in [-0.1, -0.05) is 368 Å². The molecule has 12 rings (SSSR count). The number of aromatic nitrogens is 2. The van der Waals surface area contributed by atoms with Gasteiger partial charge in [0.15, 0.2) is 0 Å². The third kappa shape index (κ3) is 25.6. The van der Waals surface area contributed by atoms with E-state index in [1.54, 1.807) is 45.3 Å². The van der Waals surface area contributed by atoms with E-state index in [2.05, 4.69) is 211 Å². The fourth-order valence-electron chi connectivity index (χ4n) is 18.5. The van der Waals surface area contributed by atoms with Gasteiger partial charge < -0.3 is 19.6 Å². The zero-order valence-electron chi connectivity index (χ0n) is 71.5. The summed E-state index contributed by atoms with van der Waals surface area (Å²) in [6.45, 7) is 10.4. The third-order valence-electron chi connectivity index (χ3n) is 25.2. The first-order valence-electron chi connectivity index (χ1n) is 46.7. The molecule has 6 heterocycles. The van der Waals surface area contributed by atoms with E-state index in [0.29, 0.717) is 42.1 Å². The van der Waals surface area contributed by atoms with Crippen LogP contribution in [0.3, 0.4) is 0 Å². The Morgan fingerprint density at radius 3 is 1.23 bits per heavy atom. The molecule has 2 aliphatic heterocycles. The second-order valence-electron chi connectivity index (χ2n) is 34.2. The molecular weight excluding hydrogens is 1490 g/mol. The van der Waals surface area contributed by atoms with Crippen molar-refractivity contribution in [3.63, 3.8) is 0 Å². The number of fused-ring (bicyclic) bond motifs is 1. The maximum Gasteiger partial charge on any atom is 0.261 e. The molecule has 0 radical (unpaired) electrons. The number of unbranched alkanes of at least 4 members (excludes halogenated alkanes) is 32. The highest BCUT2D eigenvalue weighted by Gasteiger charge is 2.50. The fraction of sp³-hybridized carbons (Fsp3) is 0.538. The lowest BCUT2D eigenvalue weighted by molar-refractivity contribution is -0.124. The lowest BCUT2D eigenvalue weighted by Gasteiger charge is -2.40. The highest BCUT2D eigenvalue weighted by atomic mass is 32.1. The van der Waals surface area contributed by atoms with Crippen LogP contribution in [0.2, 0.25) is 0 Å². The predicted molar refractivity (Wildman–Crippen MR) is 504 cm³/mol. The van der Waals surface area contributed by atoms with E-state index >= 15 is 9.59 Å². The van der Waals surface area contributed by atoms with Gasteiger partial charge in [-0.15, -0.1) is 45.3 Å². The van der Waals surface area contributed by atoms with Crippen molar-refractivity contribution in [2.75, 3.05) is 18.0 Å². The van der Waals surface area contributed by atoms with Gasteiger partial charge in [-0.2, -0.15) is 0 Å². The number of hydrogen-bond donors (Lipinski definition) is 0. The third-order valence-corrected chi connectivity index (χ3v) is 29.8. The van der Waals surface area contributed by atoms with Crippen molar-refractivity contribution in [1.82, 2.24) is 24.7 Å². The Morgan fingerprint density at radius 1 is 0.397 bits per heavy atom. The normalized spacial score (nSPS) is 17.7. The first kappa shape index (κ1) is 88.3. The van der Waals surface area contributed by atoms with E-state index in [1.165, 1.54) is 238 Å². The van der Waals surface area contributed by atoms with Crippen LogP contribution in [-0.4, -0.2) is 67.7 Å². The monoisotopic (exact) mass is 1630 g/mol.